The molecule has 0 saturated heterocycles. The minimum absolute atomic E-state index is 0.131. The van der Waals surface area contributed by atoms with E-state index in [9.17, 15) is 4.79 Å². The van der Waals surface area contributed by atoms with Gasteiger partial charge in [0.15, 0.2) is 0 Å². The Bertz CT molecular complexity index is 364. The largest absolute Gasteiger partial charge is 0.468 e. The van der Waals surface area contributed by atoms with Gasteiger partial charge in [0, 0.05) is 12.0 Å². The third-order valence-corrected chi connectivity index (χ3v) is 4.11. The smallest absolute Gasteiger partial charge is 0.127 e. The number of hydrogen-bond acceptors (Lipinski definition) is 3. The molecule has 0 atom stereocenters. The number of furan rings is 1. The SMILES string of the molecule is CC1CCC(C=O)(CN(C)Cc2ccco2)CC1. The van der Waals surface area contributed by atoms with Crippen LogP contribution in [0.25, 0.3) is 0 Å². The zero-order valence-corrected chi connectivity index (χ0v) is 11.4. The van der Waals surface area contributed by atoms with Crippen molar-refractivity contribution in [1.82, 2.24) is 4.90 Å². The first kappa shape index (κ1) is 13.3. The fourth-order valence-electron chi connectivity index (χ4n) is 2.91. The highest BCUT2D eigenvalue weighted by Crippen LogP contribution is 2.37. The minimum Gasteiger partial charge on any atom is -0.468 e. The fourth-order valence-corrected chi connectivity index (χ4v) is 2.91. The topological polar surface area (TPSA) is 33.5 Å². The number of hydrogen-bond donors (Lipinski definition) is 0. The van der Waals surface area contributed by atoms with Crippen molar-refractivity contribution in [3.8, 4) is 0 Å². The molecule has 3 heteroatoms. The first-order valence-corrected chi connectivity index (χ1v) is 6.81. The molecule has 1 aliphatic rings. The summed E-state index contributed by atoms with van der Waals surface area (Å²) in [7, 11) is 2.06. The van der Waals surface area contributed by atoms with Gasteiger partial charge < -0.3 is 9.21 Å². The van der Waals surface area contributed by atoms with E-state index in [1.807, 2.05) is 12.1 Å². The lowest BCUT2D eigenvalue weighted by Gasteiger charge is -2.37. The molecule has 0 aromatic carbocycles. The molecule has 0 aliphatic heterocycles. The second-order valence-corrected chi connectivity index (χ2v) is 5.91. The minimum atomic E-state index is -0.131. The molecule has 0 unspecified atom stereocenters. The van der Waals surface area contributed by atoms with Gasteiger partial charge in [-0.2, -0.15) is 0 Å². The Balaban J connectivity index is 1.91. The van der Waals surface area contributed by atoms with Crippen molar-refractivity contribution in [3.63, 3.8) is 0 Å². The molecule has 0 bridgehead atoms. The summed E-state index contributed by atoms with van der Waals surface area (Å²) >= 11 is 0. The van der Waals surface area contributed by atoms with E-state index in [1.165, 1.54) is 19.1 Å². The molecule has 0 radical (unpaired) electrons. The van der Waals surface area contributed by atoms with Crippen molar-refractivity contribution in [2.45, 2.75) is 39.2 Å². The van der Waals surface area contributed by atoms with Gasteiger partial charge in [0.2, 0.25) is 0 Å². The van der Waals surface area contributed by atoms with Crippen LogP contribution >= 0.6 is 0 Å². The van der Waals surface area contributed by atoms with Crippen molar-refractivity contribution in [1.29, 1.82) is 0 Å². The van der Waals surface area contributed by atoms with Gasteiger partial charge in [-0.25, -0.2) is 0 Å². The Hall–Kier alpha value is -1.09. The molecule has 2 rings (SSSR count). The van der Waals surface area contributed by atoms with Crippen LogP contribution in [0, 0.1) is 11.3 Å². The summed E-state index contributed by atoms with van der Waals surface area (Å²) < 4.78 is 5.35. The highest BCUT2D eigenvalue weighted by molar-refractivity contribution is 5.60. The van der Waals surface area contributed by atoms with E-state index in [-0.39, 0.29) is 5.41 Å². The van der Waals surface area contributed by atoms with Crippen molar-refractivity contribution >= 4 is 6.29 Å². The van der Waals surface area contributed by atoms with Crippen LogP contribution in [0.3, 0.4) is 0 Å². The maximum Gasteiger partial charge on any atom is 0.127 e. The standard InChI is InChI=1S/C15H23NO2/c1-13-5-7-15(12-17,8-6-13)11-16(2)10-14-4-3-9-18-14/h3-4,9,12-13H,5-8,10-11H2,1-2H3. The van der Waals surface area contributed by atoms with Crippen LogP contribution in [0.15, 0.2) is 22.8 Å². The van der Waals surface area contributed by atoms with Crippen molar-refractivity contribution in [2.75, 3.05) is 13.6 Å². The average Bonchev–Trinajstić information content (AvgIpc) is 2.85. The van der Waals surface area contributed by atoms with Crippen LogP contribution in [0.4, 0.5) is 0 Å². The Labute approximate surface area is 109 Å². The molecule has 3 nitrogen and oxygen atoms in total. The van der Waals surface area contributed by atoms with Crippen molar-refractivity contribution < 1.29 is 9.21 Å². The lowest BCUT2D eigenvalue weighted by Crippen LogP contribution is -2.39. The lowest BCUT2D eigenvalue weighted by molar-refractivity contribution is -0.119. The molecule has 100 valence electrons. The summed E-state index contributed by atoms with van der Waals surface area (Å²) in [5.74, 6) is 1.73. The molecular formula is C15H23NO2. The van der Waals surface area contributed by atoms with Crippen LogP contribution < -0.4 is 0 Å². The monoisotopic (exact) mass is 249 g/mol. The van der Waals surface area contributed by atoms with E-state index in [2.05, 4.69) is 18.9 Å². The molecule has 0 N–H and O–H groups in total. The second kappa shape index (κ2) is 5.70. The number of rotatable bonds is 5. The first-order valence-electron chi connectivity index (χ1n) is 6.81. The summed E-state index contributed by atoms with van der Waals surface area (Å²) in [5, 5.41) is 0. The predicted octanol–water partition coefficient (Wildman–Crippen LogP) is 3.11. The molecule has 1 aliphatic carbocycles. The summed E-state index contributed by atoms with van der Waals surface area (Å²) in [6, 6.07) is 3.88. The summed E-state index contributed by atoms with van der Waals surface area (Å²) in [4.78, 5) is 13.7. The van der Waals surface area contributed by atoms with E-state index >= 15 is 0 Å². The normalized spacial score (nSPS) is 28.5. The summed E-state index contributed by atoms with van der Waals surface area (Å²) in [6.45, 7) is 3.89. The Morgan fingerprint density at radius 3 is 2.78 bits per heavy atom. The van der Waals surface area contributed by atoms with Gasteiger partial charge in [-0.3, -0.25) is 4.90 Å². The van der Waals surface area contributed by atoms with Gasteiger partial charge >= 0.3 is 0 Å². The van der Waals surface area contributed by atoms with Crippen LogP contribution in [-0.2, 0) is 11.3 Å². The van der Waals surface area contributed by atoms with Crippen LogP contribution in [0.1, 0.15) is 38.4 Å². The van der Waals surface area contributed by atoms with E-state index in [0.717, 1.165) is 37.6 Å². The van der Waals surface area contributed by atoms with Gasteiger partial charge in [0.05, 0.1) is 12.8 Å². The van der Waals surface area contributed by atoms with E-state index < -0.39 is 0 Å². The fraction of sp³-hybridized carbons (Fsp3) is 0.667. The number of carbonyl (C=O) groups excluding carboxylic acids is 1. The second-order valence-electron chi connectivity index (χ2n) is 5.91. The van der Waals surface area contributed by atoms with E-state index in [0.29, 0.717) is 0 Å². The van der Waals surface area contributed by atoms with Crippen molar-refractivity contribution in [2.24, 2.45) is 11.3 Å². The van der Waals surface area contributed by atoms with Gasteiger partial charge in [0.1, 0.15) is 12.0 Å². The highest BCUT2D eigenvalue weighted by atomic mass is 16.3. The molecule has 1 saturated carbocycles. The maximum atomic E-state index is 11.5. The third-order valence-electron chi connectivity index (χ3n) is 4.11. The van der Waals surface area contributed by atoms with Crippen LogP contribution in [0.2, 0.25) is 0 Å². The zero-order chi connectivity index (χ0) is 13.0. The molecular weight excluding hydrogens is 226 g/mol. The lowest BCUT2D eigenvalue weighted by atomic mass is 9.71. The number of carbonyl (C=O) groups is 1. The molecule has 0 spiro atoms. The van der Waals surface area contributed by atoms with Gasteiger partial charge in [-0.05, 0) is 50.8 Å². The Morgan fingerprint density at radius 2 is 2.22 bits per heavy atom. The van der Waals surface area contributed by atoms with E-state index in [1.54, 1.807) is 6.26 Å². The Morgan fingerprint density at radius 1 is 1.50 bits per heavy atom. The first-order chi connectivity index (χ1) is 8.63. The third kappa shape index (κ3) is 3.22. The van der Waals surface area contributed by atoms with Crippen LogP contribution in [-0.4, -0.2) is 24.8 Å². The quantitative estimate of drug-likeness (QED) is 0.752. The molecule has 0 amide bonds. The van der Waals surface area contributed by atoms with Gasteiger partial charge in [-0.15, -0.1) is 0 Å². The van der Waals surface area contributed by atoms with Crippen LogP contribution in [0.5, 0.6) is 0 Å². The number of aldehydes is 1. The average molecular weight is 249 g/mol. The zero-order valence-electron chi connectivity index (χ0n) is 11.4. The molecule has 1 aromatic heterocycles. The number of nitrogens with zero attached hydrogens (tertiary/aromatic N) is 1. The predicted molar refractivity (Wildman–Crippen MR) is 71.2 cm³/mol. The summed E-state index contributed by atoms with van der Waals surface area (Å²) in [6.07, 6.45) is 7.29. The molecule has 1 aromatic rings. The maximum absolute atomic E-state index is 11.5. The molecule has 1 fully saturated rings. The summed E-state index contributed by atoms with van der Waals surface area (Å²) in [5.41, 5.74) is -0.131. The molecule has 18 heavy (non-hydrogen) atoms. The van der Waals surface area contributed by atoms with E-state index in [4.69, 9.17) is 4.42 Å². The van der Waals surface area contributed by atoms with Crippen molar-refractivity contribution in [3.05, 3.63) is 24.2 Å². The molecule has 1 heterocycles. The van der Waals surface area contributed by atoms with Gasteiger partial charge in [0.25, 0.3) is 0 Å². The van der Waals surface area contributed by atoms with Gasteiger partial charge in [-0.1, -0.05) is 6.92 Å². The Kier molecular flexibility index (Phi) is 4.23. The highest BCUT2D eigenvalue weighted by Gasteiger charge is 2.34.